The summed E-state index contributed by atoms with van der Waals surface area (Å²) >= 11 is 3.41. The Morgan fingerprint density at radius 3 is 2.95 bits per heavy atom. The first-order valence-corrected chi connectivity index (χ1v) is 6.88. The predicted octanol–water partition coefficient (Wildman–Crippen LogP) is 1.53. The topological polar surface area (TPSA) is 75.9 Å². The smallest absolute Gasteiger partial charge is 0.223 e. The van der Waals surface area contributed by atoms with Gasteiger partial charge in [-0.3, -0.25) is 4.68 Å². The van der Waals surface area contributed by atoms with Crippen molar-refractivity contribution in [3.8, 4) is 0 Å². The molecule has 2 heterocycles. The van der Waals surface area contributed by atoms with Gasteiger partial charge in [0.25, 0.3) is 0 Å². The number of halogens is 1. The molecular formula is C12H14BrN5O. The van der Waals surface area contributed by atoms with Crippen LogP contribution in [-0.2, 0) is 12.1 Å². The fourth-order valence-electron chi connectivity index (χ4n) is 2.00. The highest BCUT2D eigenvalue weighted by Gasteiger charge is 2.45. The van der Waals surface area contributed by atoms with Gasteiger partial charge < -0.3 is 10.4 Å². The summed E-state index contributed by atoms with van der Waals surface area (Å²) < 4.78 is 2.97. The maximum Gasteiger partial charge on any atom is 0.223 e. The van der Waals surface area contributed by atoms with Crippen LogP contribution in [-0.4, -0.2) is 31.4 Å². The third-order valence-corrected chi connectivity index (χ3v) is 3.72. The SMILES string of the molecule is OCc1ccnc(NCC2(n3cc(Br)cn3)CC2)n1. The highest BCUT2D eigenvalue weighted by atomic mass is 79.9. The van der Waals surface area contributed by atoms with Crippen LogP contribution >= 0.6 is 15.9 Å². The molecule has 0 aromatic carbocycles. The zero-order valence-corrected chi connectivity index (χ0v) is 11.8. The van der Waals surface area contributed by atoms with Crippen molar-refractivity contribution in [3.63, 3.8) is 0 Å². The molecule has 0 radical (unpaired) electrons. The first-order chi connectivity index (χ1) is 9.22. The molecule has 0 bridgehead atoms. The van der Waals surface area contributed by atoms with Crippen molar-refractivity contribution < 1.29 is 5.11 Å². The summed E-state index contributed by atoms with van der Waals surface area (Å²) in [6.45, 7) is 0.657. The summed E-state index contributed by atoms with van der Waals surface area (Å²) in [5.74, 6) is 0.545. The molecule has 2 aromatic rings. The molecule has 7 heteroatoms. The maximum atomic E-state index is 9.05. The van der Waals surface area contributed by atoms with Gasteiger partial charge in [-0.25, -0.2) is 9.97 Å². The molecule has 3 rings (SSSR count). The van der Waals surface area contributed by atoms with Gasteiger partial charge in [0.05, 0.1) is 28.5 Å². The molecule has 0 spiro atoms. The van der Waals surface area contributed by atoms with Crippen molar-refractivity contribution >= 4 is 21.9 Å². The number of aliphatic hydroxyl groups is 1. The Bertz CT molecular complexity index is 581. The van der Waals surface area contributed by atoms with Crippen LogP contribution in [0.25, 0.3) is 0 Å². The van der Waals surface area contributed by atoms with Gasteiger partial charge in [-0.2, -0.15) is 5.10 Å². The zero-order chi connectivity index (χ0) is 13.3. The number of nitrogens with one attached hydrogen (secondary N) is 1. The monoisotopic (exact) mass is 323 g/mol. The van der Waals surface area contributed by atoms with Gasteiger partial charge in [-0.05, 0) is 34.8 Å². The quantitative estimate of drug-likeness (QED) is 0.872. The minimum atomic E-state index is -0.0750. The lowest BCUT2D eigenvalue weighted by molar-refractivity contribution is 0.277. The largest absolute Gasteiger partial charge is 0.390 e. The normalized spacial score (nSPS) is 16.3. The van der Waals surface area contributed by atoms with Gasteiger partial charge in [0.1, 0.15) is 0 Å². The molecule has 19 heavy (non-hydrogen) atoms. The van der Waals surface area contributed by atoms with Crippen LogP contribution in [0, 0.1) is 0 Å². The number of rotatable bonds is 5. The number of nitrogens with zero attached hydrogens (tertiary/aromatic N) is 4. The van der Waals surface area contributed by atoms with E-state index in [4.69, 9.17) is 5.11 Å². The number of aromatic nitrogens is 4. The molecule has 0 amide bonds. The lowest BCUT2D eigenvalue weighted by atomic mass is 10.3. The van der Waals surface area contributed by atoms with E-state index < -0.39 is 0 Å². The van der Waals surface area contributed by atoms with E-state index in [0.29, 0.717) is 11.6 Å². The van der Waals surface area contributed by atoms with Gasteiger partial charge in [-0.1, -0.05) is 0 Å². The summed E-state index contributed by atoms with van der Waals surface area (Å²) in [6, 6.07) is 1.70. The average Bonchev–Trinajstić information content (AvgIpc) is 3.11. The van der Waals surface area contributed by atoms with Crippen molar-refractivity contribution in [3.05, 3.63) is 34.8 Å². The Balaban J connectivity index is 1.69. The highest BCUT2D eigenvalue weighted by Crippen LogP contribution is 2.43. The number of hydrogen-bond acceptors (Lipinski definition) is 5. The minimum Gasteiger partial charge on any atom is -0.390 e. The standard InChI is InChI=1S/C12H14BrN5O/c13-9-5-16-18(6-9)12(2-3-12)8-15-11-14-4-1-10(7-19)17-11/h1,4-6,19H,2-3,7-8H2,(H,14,15,17). The second-order valence-electron chi connectivity index (χ2n) is 4.71. The predicted molar refractivity (Wildman–Crippen MR) is 73.6 cm³/mol. The third kappa shape index (κ3) is 2.62. The fraction of sp³-hybridized carbons (Fsp3) is 0.417. The summed E-state index contributed by atoms with van der Waals surface area (Å²) in [6.07, 6.45) is 7.61. The van der Waals surface area contributed by atoms with Crippen LogP contribution < -0.4 is 5.32 Å². The molecule has 2 aromatic heterocycles. The zero-order valence-electron chi connectivity index (χ0n) is 10.3. The number of hydrogen-bond donors (Lipinski definition) is 2. The van der Waals surface area contributed by atoms with Crippen LogP contribution in [0.3, 0.4) is 0 Å². The third-order valence-electron chi connectivity index (χ3n) is 3.32. The van der Waals surface area contributed by atoms with Crippen molar-refractivity contribution in [2.45, 2.75) is 25.0 Å². The molecule has 0 saturated heterocycles. The lowest BCUT2D eigenvalue weighted by Crippen LogP contribution is -2.27. The Morgan fingerprint density at radius 2 is 2.32 bits per heavy atom. The second-order valence-corrected chi connectivity index (χ2v) is 5.63. The Kier molecular flexibility index (Phi) is 3.24. The van der Waals surface area contributed by atoms with Gasteiger partial charge >= 0.3 is 0 Å². The summed E-state index contributed by atoms with van der Waals surface area (Å²) in [5, 5.41) is 16.6. The molecule has 6 nitrogen and oxygen atoms in total. The Labute approximate surface area is 119 Å². The van der Waals surface area contributed by atoms with Crippen LogP contribution in [0.4, 0.5) is 5.95 Å². The van der Waals surface area contributed by atoms with Crippen molar-refractivity contribution in [1.29, 1.82) is 0 Å². The van der Waals surface area contributed by atoms with Crippen LogP contribution in [0.15, 0.2) is 29.1 Å². The van der Waals surface area contributed by atoms with Crippen LogP contribution in [0.1, 0.15) is 18.5 Å². The van der Waals surface area contributed by atoms with E-state index in [1.807, 2.05) is 10.9 Å². The Morgan fingerprint density at radius 1 is 1.47 bits per heavy atom. The number of aliphatic hydroxyl groups excluding tert-OH is 1. The molecule has 1 saturated carbocycles. The second kappa shape index (κ2) is 4.90. The van der Waals surface area contributed by atoms with E-state index in [0.717, 1.165) is 23.9 Å². The molecule has 2 N–H and O–H groups in total. The van der Waals surface area contributed by atoms with Crippen molar-refractivity contribution in [2.24, 2.45) is 0 Å². The highest BCUT2D eigenvalue weighted by molar-refractivity contribution is 9.10. The molecule has 100 valence electrons. The summed E-state index contributed by atoms with van der Waals surface area (Å²) in [5.41, 5.74) is 0.647. The van der Waals surface area contributed by atoms with Crippen LogP contribution in [0.5, 0.6) is 0 Å². The molecule has 1 fully saturated rings. The average molecular weight is 324 g/mol. The summed E-state index contributed by atoms with van der Waals surface area (Å²) in [7, 11) is 0. The minimum absolute atomic E-state index is 0.0323. The van der Waals surface area contributed by atoms with Gasteiger partial charge in [0.15, 0.2) is 0 Å². The molecular weight excluding hydrogens is 310 g/mol. The van der Waals surface area contributed by atoms with E-state index in [9.17, 15) is 0 Å². The summed E-state index contributed by atoms with van der Waals surface area (Å²) in [4.78, 5) is 8.35. The van der Waals surface area contributed by atoms with Gasteiger partial charge in [-0.15, -0.1) is 0 Å². The van der Waals surface area contributed by atoms with E-state index in [1.54, 1.807) is 18.5 Å². The van der Waals surface area contributed by atoms with Gasteiger partial charge in [0.2, 0.25) is 5.95 Å². The van der Waals surface area contributed by atoms with Gasteiger partial charge in [0, 0.05) is 18.9 Å². The number of anilines is 1. The lowest BCUT2D eigenvalue weighted by Gasteiger charge is -2.16. The molecule has 0 unspecified atom stereocenters. The molecule has 1 aliphatic carbocycles. The van der Waals surface area contributed by atoms with E-state index in [2.05, 4.69) is 36.3 Å². The van der Waals surface area contributed by atoms with Crippen LogP contribution in [0.2, 0.25) is 0 Å². The van der Waals surface area contributed by atoms with Crippen molar-refractivity contribution in [1.82, 2.24) is 19.7 Å². The first-order valence-electron chi connectivity index (χ1n) is 6.09. The molecule has 0 aliphatic heterocycles. The maximum absolute atomic E-state index is 9.05. The van der Waals surface area contributed by atoms with Crippen molar-refractivity contribution in [2.75, 3.05) is 11.9 Å². The van der Waals surface area contributed by atoms with E-state index in [1.165, 1.54) is 0 Å². The molecule has 0 atom stereocenters. The van der Waals surface area contributed by atoms with E-state index in [-0.39, 0.29) is 12.1 Å². The fourth-order valence-corrected chi connectivity index (χ4v) is 2.29. The Hall–Kier alpha value is -1.47. The molecule has 1 aliphatic rings. The van der Waals surface area contributed by atoms with E-state index >= 15 is 0 Å². The first kappa shape index (κ1) is 12.6.